The molecule has 4 aromatic rings. The predicted molar refractivity (Wildman–Crippen MR) is 155 cm³/mol. The Labute approximate surface area is 218 Å². The lowest BCUT2D eigenvalue weighted by Gasteiger charge is -2.11. The summed E-state index contributed by atoms with van der Waals surface area (Å²) in [5, 5.41) is 17.8. The quantitative estimate of drug-likeness (QED) is 0.183. The van der Waals surface area contributed by atoms with Crippen molar-refractivity contribution in [2.24, 2.45) is 0 Å². The number of rotatable bonds is 7. The zero-order chi connectivity index (χ0) is 26.6. The van der Waals surface area contributed by atoms with Crippen LogP contribution in [0, 0.1) is 18.8 Å². The molecular formula is C30H32N6O. The van der Waals surface area contributed by atoms with Gasteiger partial charge in [-0.05, 0) is 67.1 Å². The van der Waals surface area contributed by atoms with E-state index < -0.39 is 0 Å². The lowest BCUT2D eigenvalue weighted by molar-refractivity contribution is 0.0959. The number of aromatic amines is 1. The zero-order valence-corrected chi connectivity index (χ0v) is 21.5. The highest BCUT2D eigenvalue weighted by molar-refractivity contribution is 6.01. The van der Waals surface area contributed by atoms with Gasteiger partial charge in [-0.15, -0.1) is 19.1 Å². The maximum absolute atomic E-state index is 12.6. The number of anilines is 3. The van der Waals surface area contributed by atoms with Gasteiger partial charge >= 0.3 is 0 Å². The Hall–Kier alpha value is -4.83. The highest BCUT2D eigenvalue weighted by atomic mass is 16.1. The number of hydrogen-bond donors (Lipinski definition) is 4. The lowest BCUT2D eigenvalue weighted by atomic mass is 10.1. The minimum absolute atomic E-state index is 0.167. The van der Waals surface area contributed by atoms with E-state index >= 15 is 0 Å². The van der Waals surface area contributed by atoms with E-state index in [9.17, 15) is 4.79 Å². The smallest absolute Gasteiger partial charge is 0.254 e. The van der Waals surface area contributed by atoms with Crippen LogP contribution >= 0.6 is 0 Å². The Kier molecular flexibility index (Phi) is 9.63. The molecule has 4 rings (SSSR count). The molecule has 1 amide bonds. The van der Waals surface area contributed by atoms with Crippen LogP contribution in [-0.4, -0.2) is 34.7 Å². The van der Waals surface area contributed by atoms with Crippen molar-refractivity contribution < 1.29 is 4.79 Å². The largest absolute Gasteiger partial charge is 0.373 e. The van der Waals surface area contributed by atoms with Crippen LogP contribution < -0.4 is 16.0 Å². The summed E-state index contributed by atoms with van der Waals surface area (Å²) < 4.78 is 0. The lowest BCUT2D eigenvalue weighted by Crippen LogP contribution is -2.24. The molecule has 0 aliphatic carbocycles. The molecule has 188 valence electrons. The van der Waals surface area contributed by atoms with Gasteiger partial charge in [-0.1, -0.05) is 25.0 Å². The molecule has 0 fully saturated rings. The van der Waals surface area contributed by atoms with Crippen LogP contribution in [0.3, 0.4) is 0 Å². The number of para-hydroxylation sites is 1. The van der Waals surface area contributed by atoms with Crippen molar-refractivity contribution >= 4 is 46.2 Å². The molecule has 0 radical (unpaired) electrons. The molecule has 7 nitrogen and oxygen atoms in total. The van der Waals surface area contributed by atoms with Crippen LogP contribution in [0.1, 0.15) is 40.7 Å². The Balaban J connectivity index is 0.00000186. The van der Waals surface area contributed by atoms with Crippen LogP contribution in [0.15, 0.2) is 67.8 Å². The van der Waals surface area contributed by atoms with Crippen molar-refractivity contribution in [2.45, 2.75) is 20.3 Å². The van der Waals surface area contributed by atoms with Gasteiger partial charge < -0.3 is 16.0 Å². The molecule has 0 spiro atoms. The second-order valence-electron chi connectivity index (χ2n) is 7.97. The van der Waals surface area contributed by atoms with E-state index in [1.54, 1.807) is 6.07 Å². The zero-order valence-electron chi connectivity index (χ0n) is 21.5. The average Bonchev–Trinajstić information content (AvgIpc) is 3.33. The Bertz CT molecular complexity index is 1460. The van der Waals surface area contributed by atoms with Crippen LogP contribution in [0.2, 0.25) is 0 Å². The van der Waals surface area contributed by atoms with Gasteiger partial charge in [-0.3, -0.25) is 9.89 Å². The second-order valence-corrected chi connectivity index (χ2v) is 7.97. The number of hydrogen-bond acceptors (Lipinski definition) is 5. The van der Waals surface area contributed by atoms with Gasteiger partial charge in [0.25, 0.3) is 5.91 Å². The number of benzene rings is 2. The number of pyridine rings is 1. The van der Waals surface area contributed by atoms with Crippen molar-refractivity contribution in [2.75, 3.05) is 24.2 Å². The summed E-state index contributed by atoms with van der Waals surface area (Å²) in [4.78, 5) is 17.2. The molecule has 2 heterocycles. The summed E-state index contributed by atoms with van der Waals surface area (Å²) in [5.41, 5.74) is 5.84. The van der Waals surface area contributed by atoms with E-state index in [1.807, 2.05) is 81.6 Å². The van der Waals surface area contributed by atoms with Gasteiger partial charge in [0.15, 0.2) is 0 Å². The van der Waals surface area contributed by atoms with Crippen LogP contribution in [-0.2, 0) is 0 Å². The van der Waals surface area contributed by atoms with Gasteiger partial charge in [-0.2, -0.15) is 5.10 Å². The van der Waals surface area contributed by atoms with Crippen LogP contribution in [0.5, 0.6) is 0 Å². The maximum atomic E-state index is 12.6. The summed E-state index contributed by atoms with van der Waals surface area (Å²) >= 11 is 0. The van der Waals surface area contributed by atoms with Crippen LogP contribution in [0.4, 0.5) is 17.2 Å². The molecule has 0 unspecified atom stereocenters. The number of fused-ring (bicyclic) bond motifs is 1. The Morgan fingerprint density at radius 1 is 1.08 bits per heavy atom. The molecule has 0 saturated carbocycles. The van der Waals surface area contributed by atoms with E-state index in [2.05, 4.69) is 56.1 Å². The molecule has 0 atom stereocenters. The molecule has 7 heteroatoms. The highest BCUT2D eigenvalue weighted by Gasteiger charge is 2.11. The fourth-order valence-corrected chi connectivity index (χ4v) is 3.67. The minimum atomic E-state index is -0.167. The normalized spacial score (nSPS) is 10.2. The van der Waals surface area contributed by atoms with Crippen molar-refractivity contribution in [3.63, 3.8) is 0 Å². The minimum Gasteiger partial charge on any atom is -0.373 e. The Morgan fingerprint density at radius 2 is 1.89 bits per heavy atom. The van der Waals surface area contributed by atoms with E-state index in [0.717, 1.165) is 51.5 Å². The number of carbonyl (C=O) groups excluding carboxylic acids is 1. The third-order valence-electron chi connectivity index (χ3n) is 5.34. The predicted octanol–water partition coefficient (Wildman–Crippen LogP) is 6.17. The van der Waals surface area contributed by atoms with Gasteiger partial charge in [0.05, 0.1) is 34.7 Å². The van der Waals surface area contributed by atoms with Crippen LogP contribution in [0.25, 0.3) is 23.1 Å². The first-order valence-electron chi connectivity index (χ1n) is 12.0. The van der Waals surface area contributed by atoms with Crippen molar-refractivity contribution in [3.8, 4) is 11.8 Å². The molecule has 0 bridgehead atoms. The maximum Gasteiger partial charge on any atom is 0.254 e. The number of H-pyrrole nitrogens is 1. The summed E-state index contributed by atoms with van der Waals surface area (Å²) in [6, 6.07) is 17.4. The SMILES string of the molecule is C=C.CCC#CCNC(=O)c1ccccc1Nc1ccc2c(/C=C/c3cc(C)cc(NC)n3)n[nH]c2c1. The highest BCUT2D eigenvalue weighted by Crippen LogP contribution is 2.26. The van der Waals surface area contributed by atoms with Gasteiger partial charge in [0.1, 0.15) is 5.82 Å². The number of amides is 1. The molecule has 2 aromatic heterocycles. The van der Waals surface area contributed by atoms with Gasteiger partial charge in [0, 0.05) is 24.5 Å². The number of aromatic nitrogens is 3. The summed E-state index contributed by atoms with van der Waals surface area (Å²) in [6.45, 7) is 10.3. The standard InChI is InChI=1S/C28H28N6O.C2H4/c1-4-5-8-15-30-28(35)23-9-6-7-10-24(23)31-21-11-13-22-25(33-34-26(22)18-21)14-12-20-16-19(2)17-27(29-3)32-20;1-2/h6-7,9-14,16-18,31H,4,15H2,1-3H3,(H,29,32)(H,30,35)(H,33,34);1-2H2/b14-12+;. The molecule has 2 aromatic carbocycles. The molecule has 0 aliphatic rings. The first-order valence-corrected chi connectivity index (χ1v) is 12.0. The second kappa shape index (κ2) is 13.3. The van der Waals surface area contributed by atoms with E-state index in [1.165, 1.54) is 0 Å². The summed E-state index contributed by atoms with van der Waals surface area (Å²) in [5.74, 6) is 6.55. The van der Waals surface area contributed by atoms with Crippen molar-refractivity contribution in [3.05, 3.63) is 90.3 Å². The fourth-order valence-electron chi connectivity index (χ4n) is 3.67. The van der Waals surface area contributed by atoms with Gasteiger partial charge in [-0.25, -0.2) is 4.98 Å². The molecule has 0 aliphatic heterocycles. The average molecular weight is 493 g/mol. The first-order chi connectivity index (χ1) is 18.1. The number of nitrogens with zero attached hydrogens (tertiary/aromatic N) is 2. The molecule has 4 N–H and O–H groups in total. The number of carbonyl (C=O) groups is 1. The molecular weight excluding hydrogens is 460 g/mol. The molecule has 0 saturated heterocycles. The van der Waals surface area contributed by atoms with E-state index in [-0.39, 0.29) is 5.91 Å². The fraction of sp³-hybridized carbons (Fsp3) is 0.167. The van der Waals surface area contributed by atoms with Crippen molar-refractivity contribution in [1.29, 1.82) is 0 Å². The van der Waals surface area contributed by atoms with E-state index in [4.69, 9.17) is 0 Å². The third kappa shape index (κ3) is 7.09. The topological polar surface area (TPSA) is 94.7 Å². The number of aryl methyl sites for hydroxylation is 1. The molecule has 37 heavy (non-hydrogen) atoms. The van der Waals surface area contributed by atoms with Gasteiger partial charge in [0.2, 0.25) is 0 Å². The monoisotopic (exact) mass is 492 g/mol. The number of nitrogens with one attached hydrogen (secondary N) is 4. The van der Waals surface area contributed by atoms with Crippen molar-refractivity contribution in [1.82, 2.24) is 20.5 Å². The first kappa shape index (κ1) is 26.8. The summed E-state index contributed by atoms with van der Waals surface area (Å²) in [6.07, 6.45) is 4.67. The summed E-state index contributed by atoms with van der Waals surface area (Å²) in [7, 11) is 1.86. The Morgan fingerprint density at radius 3 is 2.68 bits per heavy atom. The third-order valence-corrected chi connectivity index (χ3v) is 5.34. The van der Waals surface area contributed by atoms with E-state index in [0.29, 0.717) is 12.1 Å².